The lowest BCUT2D eigenvalue weighted by atomic mass is 9.78. The summed E-state index contributed by atoms with van der Waals surface area (Å²) >= 11 is 0. The van der Waals surface area contributed by atoms with E-state index in [9.17, 15) is 4.79 Å². The van der Waals surface area contributed by atoms with E-state index in [4.69, 9.17) is 11.0 Å². The summed E-state index contributed by atoms with van der Waals surface area (Å²) in [4.78, 5) is 14.0. The van der Waals surface area contributed by atoms with Crippen LogP contribution in [-0.4, -0.2) is 29.4 Å². The summed E-state index contributed by atoms with van der Waals surface area (Å²) < 4.78 is 0. The van der Waals surface area contributed by atoms with Crippen molar-refractivity contribution in [3.8, 4) is 6.07 Å². The average molecular weight is 299 g/mol. The van der Waals surface area contributed by atoms with E-state index in [1.165, 1.54) is 5.56 Å². The normalized spacial score (nSPS) is 19.7. The minimum Gasteiger partial charge on any atom is -0.327 e. The Labute approximate surface area is 132 Å². The molecule has 0 aliphatic carbocycles. The Morgan fingerprint density at radius 1 is 1.45 bits per heavy atom. The number of benzene rings is 1. The van der Waals surface area contributed by atoms with Crippen molar-refractivity contribution in [3.63, 3.8) is 0 Å². The fraction of sp³-hybridized carbons (Fsp3) is 0.556. The van der Waals surface area contributed by atoms with Crippen molar-refractivity contribution >= 4 is 5.91 Å². The van der Waals surface area contributed by atoms with Crippen LogP contribution in [-0.2, 0) is 10.2 Å². The highest BCUT2D eigenvalue weighted by molar-refractivity contribution is 5.77. The second-order valence-electron chi connectivity index (χ2n) is 6.79. The Morgan fingerprint density at radius 3 is 2.77 bits per heavy atom. The lowest BCUT2D eigenvalue weighted by molar-refractivity contribution is -0.131. The van der Waals surface area contributed by atoms with Gasteiger partial charge in [-0.15, -0.1) is 0 Å². The summed E-state index contributed by atoms with van der Waals surface area (Å²) in [6, 6.07) is 12.0. The zero-order valence-electron chi connectivity index (χ0n) is 13.5. The highest BCUT2D eigenvalue weighted by Crippen LogP contribution is 2.29. The number of nitriles is 1. The number of hydrogen-bond acceptors (Lipinski definition) is 3. The molecule has 4 nitrogen and oxygen atoms in total. The molecule has 2 rings (SSSR count). The highest BCUT2D eigenvalue weighted by Gasteiger charge is 2.31. The molecule has 1 saturated heterocycles. The van der Waals surface area contributed by atoms with Crippen LogP contribution in [0.2, 0.25) is 0 Å². The Morgan fingerprint density at radius 2 is 2.14 bits per heavy atom. The van der Waals surface area contributed by atoms with Crippen LogP contribution >= 0.6 is 0 Å². The topological polar surface area (TPSA) is 70.1 Å². The van der Waals surface area contributed by atoms with Crippen molar-refractivity contribution in [2.75, 3.05) is 6.54 Å². The fourth-order valence-electron chi connectivity index (χ4n) is 3.28. The van der Waals surface area contributed by atoms with Crippen LogP contribution in [0.25, 0.3) is 0 Å². The van der Waals surface area contributed by atoms with Crippen molar-refractivity contribution in [1.29, 1.82) is 5.26 Å². The maximum absolute atomic E-state index is 12.3. The zero-order valence-corrected chi connectivity index (χ0v) is 13.5. The SMILES string of the molecule is CC(C)(CC(N)CC(=O)N1CCCC1C#N)c1ccccc1. The number of carbonyl (C=O) groups is 1. The van der Waals surface area contributed by atoms with Crippen LogP contribution in [0, 0.1) is 11.3 Å². The van der Waals surface area contributed by atoms with E-state index < -0.39 is 0 Å². The number of likely N-dealkylation sites (tertiary alicyclic amines) is 1. The average Bonchev–Trinajstić information content (AvgIpc) is 2.96. The van der Waals surface area contributed by atoms with Gasteiger partial charge in [-0.25, -0.2) is 0 Å². The third-order valence-corrected chi connectivity index (χ3v) is 4.49. The van der Waals surface area contributed by atoms with Gasteiger partial charge in [-0.05, 0) is 30.2 Å². The first-order valence-corrected chi connectivity index (χ1v) is 7.94. The van der Waals surface area contributed by atoms with E-state index in [0.717, 1.165) is 19.3 Å². The Balaban J connectivity index is 1.94. The fourth-order valence-corrected chi connectivity index (χ4v) is 3.28. The van der Waals surface area contributed by atoms with Crippen LogP contribution < -0.4 is 5.73 Å². The lowest BCUT2D eigenvalue weighted by Gasteiger charge is -2.29. The molecule has 1 heterocycles. The maximum atomic E-state index is 12.3. The molecule has 118 valence electrons. The molecule has 22 heavy (non-hydrogen) atoms. The van der Waals surface area contributed by atoms with Gasteiger partial charge in [-0.2, -0.15) is 5.26 Å². The van der Waals surface area contributed by atoms with Gasteiger partial charge < -0.3 is 10.6 Å². The number of nitrogens with zero attached hydrogens (tertiary/aromatic N) is 2. The number of carbonyl (C=O) groups excluding carboxylic acids is 1. The van der Waals surface area contributed by atoms with Gasteiger partial charge >= 0.3 is 0 Å². The number of amides is 1. The van der Waals surface area contributed by atoms with Crippen molar-refractivity contribution in [2.45, 2.75) is 57.0 Å². The van der Waals surface area contributed by atoms with Gasteiger partial charge in [0.1, 0.15) is 6.04 Å². The molecule has 0 bridgehead atoms. The smallest absolute Gasteiger partial charge is 0.225 e. The molecule has 1 aromatic carbocycles. The van der Waals surface area contributed by atoms with Crippen LogP contribution in [0.4, 0.5) is 0 Å². The van der Waals surface area contributed by atoms with E-state index in [2.05, 4.69) is 32.0 Å². The summed E-state index contributed by atoms with van der Waals surface area (Å²) in [7, 11) is 0. The molecule has 2 atom stereocenters. The van der Waals surface area contributed by atoms with Crippen molar-refractivity contribution < 1.29 is 4.79 Å². The van der Waals surface area contributed by atoms with Gasteiger partial charge in [0, 0.05) is 19.0 Å². The quantitative estimate of drug-likeness (QED) is 0.908. The predicted octanol–water partition coefficient (Wildman–Crippen LogP) is 2.59. The second-order valence-corrected chi connectivity index (χ2v) is 6.79. The minimum absolute atomic E-state index is 0.0143. The first kappa shape index (κ1) is 16.5. The molecule has 1 fully saturated rings. The largest absolute Gasteiger partial charge is 0.327 e. The summed E-state index contributed by atoms with van der Waals surface area (Å²) in [6.07, 6.45) is 2.75. The van der Waals surface area contributed by atoms with Gasteiger partial charge in [0.2, 0.25) is 5.91 Å². The summed E-state index contributed by atoms with van der Waals surface area (Å²) in [5, 5.41) is 9.08. The molecule has 2 unspecified atom stereocenters. The van der Waals surface area contributed by atoms with Crippen LogP contribution in [0.15, 0.2) is 30.3 Å². The predicted molar refractivity (Wildman–Crippen MR) is 87.0 cm³/mol. The lowest BCUT2D eigenvalue weighted by Crippen LogP contribution is -2.40. The summed E-state index contributed by atoms with van der Waals surface area (Å²) in [5.74, 6) is 0.0143. The molecule has 1 amide bonds. The molecule has 0 aromatic heterocycles. The van der Waals surface area contributed by atoms with Crippen LogP contribution in [0.3, 0.4) is 0 Å². The van der Waals surface area contributed by atoms with Gasteiger partial charge in [0.15, 0.2) is 0 Å². The van der Waals surface area contributed by atoms with Gasteiger partial charge in [-0.3, -0.25) is 4.79 Å². The molecule has 1 aliphatic rings. The maximum Gasteiger partial charge on any atom is 0.225 e. The van der Waals surface area contributed by atoms with Crippen molar-refractivity contribution in [2.24, 2.45) is 5.73 Å². The molecule has 1 aliphatic heterocycles. The van der Waals surface area contributed by atoms with Crippen molar-refractivity contribution in [1.82, 2.24) is 4.90 Å². The Hall–Kier alpha value is -1.86. The minimum atomic E-state index is -0.262. The van der Waals surface area contributed by atoms with E-state index in [0.29, 0.717) is 13.0 Å². The zero-order chi connectivity index (χ0) is 16.2. The molecule has 0 saturated carbocycles. The first-order chi connectivity index (χ1) is 10.4. The van der Waals surface area contributed by atoms with E-state index in [-0.39, 0.29) is 23.4 Å². The van der Waals surface area contributed by atoms with E-state index in [1.54, 1.807) is 4.90 Å². The molecule has 0 radical (unpaired) electrons. The molecule has 2 N–H and O–H groups in total. The monoisotopic (exact) mass is 299 g/mol. The third-order valence-electron chi connectivity index (χ3n) is 4.49. The standard InChI is InChI=1S/C18H25N3O/c1-18(2,14-7-4-3-5-8-14)12-15(20)11-17(22)21-10-6-9-16(21)13-19/h3-5,7-8,15-16H,6,9-12,20H2,1-2H3. The van der Waals surface area contributed by atoms with Crippen molar-refractivity contribution in [3.05, 3.63) is 35.9 Å². The van der Waals surface area contributed by atoms with Crippen LogP contribution in [0.5, 0.6) is 0 Å². The first-order valence-electron chi connectivity index (χ1n) is 7.94. The highest BCUT2D eigenvalue weighted by atomic mass is 16.2. The number of hydrogen-bond donors (Lipinski definition) is 1. The molecule has 4 heteroatoms. The Bertz CT molecular complexity index is 547. The summed E-state index contributed by atoms with van der Waals surface area (Å²) in [6.45, 7) is 4.99. The Kier molecular flexibility index (Phi) is 5.20. The third kappa shape index (κ3) is 3.86. The van der Waals surface area contributed by atoms with Crippen LogP contribution in [0.1, 0.15) is 45.1 Å². The van der Waals surface area contributed by atoms with E-state index >= 15 is 0 Å². The van der Waals surface area contributed by atoms with E-state index in [1.807, 2.05) is 18.2 Å². The summed E-state index contributed by atoms with van der Waals surface area (Å²) in [5.41, 5.74) is 7.38. The number of rotatable bonds is 5. The van der Waals surface area contributed by atoms with Gasteiger partial charge in [0.05, 0.1) is 6.07 Å². The number of nitrogens with two attached hydrogens (primary N) is 1. The molecular weight excluding hydrogens is 274 g/mol. The second kappa shape index (κ2) is 6.93. The van der Waals surface area contributed by atoms with Gasteiger partial charge in [0.25, 0.3) is 0 Å². The molecule has 1 aromatic rings. The molecule has 0 spiro atoms. The molecular formula is C18H25N3O. The van der Waals surface area contributed by atoms with Gasteiger partial charge in [-0.1, -0.05) is 44.2 Å².